The molecule has 0 unspecified atom stereocenters. The van der Waals surface area contributed by atoms with Crippen LogP contribution in [0.15, 0.2) is 463 Å². The highest BCUT2D eigenvalue weighted by Crippen LogP contribution is 2.53. The third-order valence-corrected chi connectivity index (χ3v) is 25.6. The molecule has 0 amide bonds. The van der Waals surface area contributed by atoms with Crippen molar-refractivity contribution in [3.8, 4) is 11.1 Å². The van der Waals surface area contributed by atoms with E-state index in [-0.39, 0.29) is 0 Å². The quantitative estimate of drug-likeness (QED) is 0.104. The van der Waals surface area contributed by atoms with E-state index < -0.39 is 0 Å². The van der Waals surface area contributed by atoms with Gasteiger partial charge in [0.1, 0.15) is 55.8 Å². The van der Waals surface area contributed by atoms with Crippen LogP contribution in [-0.2, 0) is 0 Å². The lowest BCUT2D eigenvalue weighted by Crippen LogP contribution is -2.11. The molecule has 128 heavy (non-hydrogen) atoms. The minimum absolute atomic E-state index is 0.810. The fraction of sp³-hybridized carbons (Fsp3) is 0. The topological polar surface area (TPSA) is 91.8 Å². The Balaban J connectivity index is 0.000000136. The lowest BCUT2D eigenvalue weighted by Gasteiger charge is -2.28. The van der Waals surface area contributed by atoms with Crippen LogP contribution in [0.25, 0.3) is 186 Å². The van der Waals surface area contributed by atoms with Crippen LogP contribution in [0.4, 0.5) is 68.2 Å². The lowest BCUT2D eigenvalue weighted by atomic mass is 9.96. The van der Waals surface area contributed by atoms with Crippen molar-refractivity contribution in [2.45, 2.75) is 0 Å². The molecule has 6 aromatic heterocycles. The van der Waals surface area contributed by atoms with Crippen LogP contribution in [0.1, 0.15) is 0 Å². The predicted molar refractivity (Wildman–Crippen MR) is 531 cm³/mol. The summed E-state index contributed by atoms with van der Waals surface area (Å²) in [6.45, 7) is 0. The number of nitrogens with zero attached hydrogens (tertiary/aromatic N) is 4. The normalized spacial score (nSPS) is 11.9. The van der Waals surface area contributed by atoms with Crippen LogP contribution in [0.3, 0.4) is 0 Å². The molecule has 0 saturated carbocycles. The van der Waals surface area contributed by atoms with Crippen molar-refractivity contribution in [3.63, 3.8) is 0 Å². The number of fused-ring (bicyclic) bond motifs is 28. The summed E-state index contributed by atoms with van der Waals surface area (Å²) in [5.41, 5.74) is 24.6. The second kappa shape index (κ2) is 29.2. The van der Waals surface area contributed by atoms with Crippen LogP contribution < -0.4 is 19.6 Å². The third-order valence-electron chi connectivity index (χ3n) is 25.6. The first-order valence-corrected chi connectivity index (χ1v) is 43.2. The minimum atomic E-state index is 0.810. The molecular formula is C118H72N4O6. The van der Waals surface area contributed by atoms with Gasteiger partial charge in [0.15, 0.2) is 11.2 Å². The van der Waals surface area contributed by atoms with Gasteiger partial charge in [0, 0.05) is 145 Å². The van der Waals surface area contributed by atoms with Gasteiger partial charge in [-0.2, -0.15) is 0 Å². The van der Waals surface area contributed by atoms with Gasteiger partial charge in [-0.25, -0.2) is 0 Å². The molecule has 0 aliphatic rings. The molecule has 0 N–H and O–H groups in total. The van der Waals surface area contributed by atoms with Gasteiger partial charge in [-0.05, 0) is 202 Å². The fourth-order valence-corrected chi connectivity index (χ4v) is 19.9. The van der Waals surface area contributed by atoms with Gasteiger partial charge in [0.05, 0.1) is 28.4 Å². The van der Waals surface area contributed by atoms with E-state index in [2.05, 4.69) is 396 Å². The average Bonchev–Trinajstić information content (AvgIpc) is 1.53. The highest BCUT2D eigenvalue weighted by molar-refractivity contribution is 6.33. The molecule has 0 radical (unpaired) electrons. The monoisotopic (exact) mass is 1640 g/mol. The first kappa shape index (κ1) is 72.3. The number of rotatable bonds is 13. The van der Waals surface area contributed by atoms with Crippen molar-refractivity contribution < 1.29 is 26.5 Å². The van der Waals surface area contributed by atoms with Gasteiger partial charge in [-0.15, -0.1) is 0 Å². The van der Waals surface area contributed by atoms with E-state index in [0.29, 0.717) is 0 Å². The van der Waals surface area contributed by atoms with E-state index in [1.54, 1.807) is 0 Å². The van der Waals surface area contributed by atoms with E-state index in [0.717, 1.165) is 249 Å². The minimum Gasteiger partial charge on any atom is -0.456 e. The second-order valence-corrected chi connectivity index (χ2v) is 32.8. The molecule has 6 heterocycles. The maximum atomic E-state index is 7.12. The molecule has 10 nitrogen and oxygen atoms in total. The van der Waals surface area contributed by atoms with Crippen LogP contribution >= 0.6 is 0 Å². The summed E-state index contributed by atoms with van der Waals surface area (Å²) in [6.07, 6.45) is 0. The largest absolute Gasteiger partial charge is 0.456 e. The molecule has 10 heteroatoms. The maximum Gasteiger partial charge on any atom is 0.159 e. The van der Waals surface area contributed by atoms with Gasteiger partial charge < -0.3 is 46.1 Å². The molecule has 0 fully saturated rings. The summed E-state index contributed by atoms with van der Waals surface area (Å²) in [5, 5.41) is 22.1. The smallest absolute Gasteiger partial charge is 0.159 e. The van der Waals surface area contributed by atoms with Crippen molar-refractivity contribution in [2.75, 3.05) is 19.6 Å². The number of benzene rings is 21. The molecule has 0 spiro atoms. The van der Waals surface area contributed by atoms with Gasteiger partial charge >= 0.3 is 0 Å². The van der Waals surface area contributed by atoms with Crippen LogP contribution in [0, 0.1) is 0 Å². The Morgan fingerprint density at radius 2 is 0.398 bits per heavy atom. The molecule has 27 aromatic rings. The zero-order valence-electron chi connectivity index (χ0n) is 68.8. The SMILES string of the molecule is c1ccc(-c2ccccc2N(c2ccc3c(c2)oc2ccccc23)c2ccc3c(c2)c2ccccc2c2c4ccc(N(c5ccccc5)c5cccc6c5oc5ccccc56)cc4oc32)cc1.c1ccc(N(c2ccc3c(c2)oc2ccccc23)c2ccc3c(c2)c2ccccc2c2c4ccc(N(c5ccccc5)c5cccc6c5oc5ccccc56)cc4oc32)cc1. The van der Waals surface area contributed by atoms with Gasteiger partial charge in [0.25, 0.3) is 0 Å². The number of anilines is 12. The number of hydrogen-bond acceptors (Lipinski definition) is 10. The molecule has 0 atom stereocenters. The van der Waals surface area contributed by atoms with Crippen molar-refractivity contribution in [2.24, 2.45) is 0 Å². The Morgan fingerprint density at radius 1 is 0.133 bits per heavy atom. The third kappa shape index (κ3) is 11.6. The van der Waals surface area contributed by atoms with Crippen molar-refractivity contribution >= 4 is 243 Å². The molecule has 0 aliphatic heterocycles. The van der Waals surface area contributed by atoms with E-state index >= 15 is 0 Å². The van der Waals surface area contributed by atoms with E-state index in [9.17, 15) is 0 Å². The van der Waals surface area contributed by atoms with E-state index in [1.165, 1.54) is 5.39 Å². The maximum absolute atomic E-state index is 7.12. The highest BCUT2D eigenvalue weighted by atomic mass is 16.4. The zero-order chi connectivity index (χ0) is 84.0. The fourth-order valence-electron chi connectivity index (χ4n) is 19.9. The average molecular weight is 1640 g/mol. The van der Waals surface area contributed by atoms with Crippen LogP contribution in [-0.4, -0.2) is 0 Å². The van der Waals surface area contributed by atoms with Gasteiger partial charge in [-0.1, -0.05) is 249 Å². The Morgan fingerprint density at radius 3 is 0.836 bits per heavy atom. The molecule has 21 aromatic carbocycles. The Hall–Kier alpha value is -17.3. The van der Waals surface area contributed by atoms with Crippen LogP contribution in [0.2, 0.25) is 0 Å². The highest BCUT2D eigenvalue weighted by Gasteiger charge is 2.28. The summed E-state index contributed by atoms with van der Waals surface area (Å²) in [6, 6.07) is 154. The summed E-state index contributed by atoms with van der Waals surface area (Å²) in [4.78, 5) is 9.20. The summed E-state index contributed by atoms with van der Waals surface area (Å²) < 4.78 is 40.2. The molecule has 27 rings (SSSR count). The summed E-state index contributed by atoms with van der Waals surface area (Å²) in [5.74, 6) is 0. The molecule has 0 aliphatic carbocycles. The number of para-hydroxylation sites is 10. The number of furan rings is 6. The predicted octanol–water partition coefficient (Wildman–Crippen LogP) is 34.9. The lowest BCUT2D eigenvalue weighted by molar-refractivity contribution is 0.668. The molecular weight excluding hydrogens is 1570 g/mol. The van der Waals surface area contributed by atoms with Crippen molar-refractivity contribution in [3.05, 3.63) is 437 Å². The van der Waals surface area contributed by atoms with Crippen molar-refractivity contribution in [1.82, 2.24) is 0 Å². The molecule has 0 bridgehead atoms. The Labute approximate surface area is 732 Å². The molecule has 0 saturated heterocycles. The zero-order valence-corrected chi connectivity index (χ0v) is 68.8. The summed E-state index contributed by atoms with van der Waals surface area (Å²) >= 11 is 0. The van der Waals surface area contributed by atoms with Crippen molar-refractivity contribution in [1.29, 1.82) is 0 Å². The number of hydrogen-bond donors (Lipinski definition) is 0. The van der Waals surface area contributed by atoms with Gasteiger partial charge in [-0.3, -0.25) is 0 Å². The Kier molecular flexibility index (Phi) is 16.5. The Bertz CT molecular complexity index is 9140. The second-order valence-electron chi connectivity index (χ2n) is 32.8. The van der Waals surface area contributed by atoms with Gasteiger partial charge in [0.2, 0.25) is 0 Å². The van der Waals surface area contributed by atoms with Crippen LogP contribution in [0.5, 0.6) is 0 Å². The summed E-state index contributed by atoms with van der Waals surface area (Å²) in [7, 11) is 0. The van der Waals surface area contributed by atoms with E-state index in [1.807, 2.05) is 60.7 Å². The molecule has 600 valence electrons. The first-order chi connectivity index (χ1) is 63.5. The van der Waals surface area contributed by atoms with E-state index in [4.69, 9.17) is 26.5 Å². The standard InChI is InChI=1S/C62H38N2O3.C56H34N2O3/c1-3-16-39(17-4-1)44-20-9-12-26-54(44)64(43-30-33-48-46-22-10-13-28-56(46)65-58(48)37-43)41-31-34-51-53(36-41)45-21-7-8-24-49(45)60-52-35-32-42(38-59(52)67-62(51)60)63(40-18-5-2-6-19-40)55-27-15-25-50-47-23-11-14-29-57(47)66-61(50)55;1-3-14-35(15-4-1)57(38-26-29-43-41-19-9-11-24-50(41)59-52(43)33-38)37-27-30-46-48(32-37)40-18-7-8-21-44(40)54-47-31-28-39(34-53(47)61-56(46)54)58(36-16-5-2-6-17-36)49-23-13-22-45-42-20-10-12-25-51(42)60-55(45)49/h1-38H;1-34H. The first-order valence-electron chi connectivity index (χ1n) is 43.2.